The number of anilines is 1. The summed E-state index contributed by atoms with van der Waals surface area (Å²) in [5.74, 6) is 0.771. The van der Waals surface area contributed by atoms with Crippen LogP contribution in [0.2, 0.25) is 0 Å². The fourth-order valence-electron chi connectivity index (χ4n) is 1.97. The first-order valence-electron chi connectivity index (χ1n) is 6.21. The van der Waals surface area contributed by atoms with Crippen LogP contribution in [-0.2, 0) is 0 Å². The molecule has 21 heavy (non-hydrogen) atoms. The number of imidazole rings is 1. The minimum absolute atomic E-state index is 0.540. The van der Waals surface area contributed by atoms with Gasteiger partial charge in [-0.2, -0.15) is 5.26 Å². The van der Waals surface area contributed by atoms with Crippen molar-refractivity contribution < 1.29 is 4.74 Å². The molecule has 3 aromatic rings. The number of benzene rings is 2. The van der Waals surface area contributed by atoms with E-state index in [-0.39, 0.29) is 0 Å². The molecule has 0 aliphatic heterocycles. The maximum atomic E-state index is 9.16. The molecule has 0 aliphatic carbocycles. The molecule has 0 saturated carbocycles. The summed E-state index contributed by atoms with van der Waals surface area (Å²) in [5.41, 5.74) is 8.55. The molecule has 5 nitrogen and oxygen atoms in total. The summed E-state index contributed by atoms with van der Waals surface area (Å²) >= 11 is 1.40. The Bertz CT molecular complexity index is 850. The van der Waals surface area contributed by atoms with Crippen LogP contribution in [0.1, 0.15) is 5.56 Å². The number of nitrogens with two attached hydrogens (primary N) is 1. The van der Waals surface area contributed by atoms with E-state index < -0.39 is 0 Å². The number of methoxy groups -OCH3 is 1. The molecule has 0 spiro atoms. The van der Waals surface area contributed by atoms with Gasteiger partial charge in [0.25, 0.3) is 0 Å². The van der Waals surface area contributed by atoms with Crippen LogP contribution >= 0.6 is 11.8 Å². The van der Waals surface area contributed by atoms with Crippen molar-refractivity contribution in [3.05, 3.63) is 42.0 Å². The Kier molecular flexibility index (Phi) is 3.42. The summed E-state index contributed by atoms with van der Waals surface area (Å²) in [5, 5.41) is 9.88. The first kappa shape index (κ1) is 13.3. The molecule has 0 aliphatic rings. The van der Waals surface area contributed by atoms with Crippen molar-refractivity contribution in [1.82, 2.24) is 9.97 Å². The highest BCUT2D eigenvalue weighted by Crippen LogP contribution is 2.31. The molecule has 0 radical (unpaired) electrons. The summed E-state index contributed by atoms with van der Waals surface area (Å²) in [6.45, 7) is 0. The molecule has 0 bridgehead atoms. The molecular formula is C15H12N4OS. The van der Waals surface area contributed by atoms with E-state index in [0.29, 0.717) is 11.3 Å². The summed E-state index contributed by atoms with van der Waals surface area (Å²) in [4.78, 5) is 8.53. The van der Waals surface area contributed by atoms with Crippen LogP contribution in [0, 0.1) is 11.3 Å². The second kappa shape index (κ2) is 5.38. The topological polar surface area (TPSA) is 87.7 Å². The van der Waals surface area contributed by atoms with E-state index in [1.807, 2.05) is 24.3 Å². The lowest BCUT2D eigenvalue weighted by Crippen LogP contribution is -1.88. The average molecular weight is 296 g/mol. The monoisotopic (exact) mass is 296 g/mol. The Morgan fingerprint density at radius 3 is 2.90 bits per heavy atom. The largest absolute Gasteiger partial charge is 0.497 e. The highest BCUT2D eigenvalue weighted by atomic mass is 32.2. The van der Waals surface area contributed by atoms with Crippen LogP contribution in [0.3, 0.4) is 0 Å². The molecule has 0 amide bonds. The third-order valence-electron chi connectivity index (χ3n) is 3.00. The number of hydrogen-bond acceptors (Lipinski definition) is 5. The molecule has 1 heterocycles. The predicted molar refractivity (Wildman–Crippen MR) is 82.3 cm³/mol. The number of nitrogens with zero attached hydrogens (tertiary/aromatic N) is 2. The van der Waals surface area contributed by atoms with Gasteiger partial charge in [-0.3, -0.25) is 0 Å². The first-order valence-corrected chi connectivity index (χ1v) is 7.02. The van der Waals surface area contributed by atoms with Gasteiger partial charge in [0.15, 0.2) is 5.16 Å². The minimum atomic E-state index is 0.540. The zero-order valence-corrected chi connectivity index (χ0v) is 12.1. The Hall–Kier alpha value is -2.65. The van der Waals surface area contributed by atoms with Crippen LogP contribution < -0.4 is 10.5 Å². The van der Waals surface area contributed by atoms with E-state index >= 15 is 0 Å². The molecular weight excluding hydrogens is 284 g/mol. The van der Waals surface area contributed by atoms with Crippen LogP contribution in [0.5, 0.6) is 5.75 Å². The molecule has 6 heteroatoms. The van der Waals surface area contributed by atoms with Crippen molar-refractivity contribution in [3.8, 4) is 11.8 Å². The van der Waals surface area contributed by atoms with Gasteiger partial charge in [-0.15, -0.1) is 0 Å². The van der Waals surface area contributed by atoms with E-state index in [2.05, 4.69) is 16.0 Å². The van der Waals surface area contributed by atoms with E-state index in [4.69, 9.17) is 15.7 Å². The Morgan fingerprint density at radius 2 is 2.14 bits per heavy atom. The lowest BCUT2D eigenvalue weighted by atomic mass is 10.2. The quantitative estimate of drug-likeness (QED) is 0.725. The third-order valence-corrected chi connectivity index (χ3v) is 3.96. The lowest BCUT2D eigenvalue weighted by Gasteiger charge is -2.01. The lowest BCUT2D eigenvalue weighted by molar-refractivity contribution is 0.415. The highest BCUT2D eigenvalue weighted by molar-refractivity contribution is 7.99. The fraction of sp³-hybridized carbons (Fsp3) is 0.0667. The van der Waals surface area contributed by atoms with Crippen molar-refractivity contribution >= 4 is 28.5 Å². The second-order valence-electron chi connectivity index (χ2n) is 4.39. The molecule has 0 atom stereocenters. The minimum Gasteiger partial charge on any atom is -0.497 e. The fourth-order valence-corrected chi connectivity index (χ4v) is 2.83. The molecule has 2 aromatic carbocycles. The van der Waals surface area contributed by atoms with Gasteiger partial charge in [-0.1, -0.05) is 11.8 Å². The zero-order chi connectivity index (χ0) is 14.8. The first-order chi connectivity index (χ1) is 10.2. The van der Waals surface area contributed by atoms with Gasteiger partial charge >= 0.3 is 0 Å². The number of H-pyrrole nitrogens is 1. The van der Waals surface area contributed by atoms with E-state index in [0.717, 1.165) is 26.8 Å². The SMILES string of the molecule is COc1ccc2nc(Sc3ccc(N)cc3C#N)[nH]c2c1. The number of ether oxygens (including phenoxy) is 1. The number of hydrogen-bond donors (Lipinski definition) is 2. The standard InChI is InChI=1S/C15H12N4OS/c1-20-11-3-4-12-13(7-11)19-15(18-12)21-14-5-2-10(17)6-9(14)8-16/h2-7H,17H2,1H3,(H,18,19). The Labute approximate surface area is 125 Å². The second-order valence-corrected chi connectivity index (χ2v) is 5.43. The number of aromatic nitrogens is 2. The predicted octanol–water partition coefficient (Wildman–Crippen LogP) is 3.18. The maximum Gasteiger partial charge on any atom is 0.171 e. The molecule has 0 unspecified atom stereocenters. The molecule has 3 rings (SSSR count). The maximum absolute atomic E-state index is 9.16. The number of aromatic amines is 1. The highest BCUT2D eigenvalue weighted by Gasteiger charge is 2.09. The van der Waals surface area contributed by atoms with Gasteiger partial charge in [0.1, 0.15) is 11.8 Å². The summed E-state index contributed by atoms with van der Waals surface area (Å²) in [6.07, 6.45) is 0. The van der Waals surface area contributed by atoms with Crippen LogP contribution in [-0.4, -0.2) is 17.1 Å². The summed E-state index contributed by atoms with van der Waals surface area (Å²) in [7, 11) is 1.63. The normalized spacial score (nSPS) is 10.5. The van der Waals surface area contributed by atoms with Gasteiger partial charge in [0, 0.05) is 16.6 Å². The van der Waals surface area contributed by atoms with Gasteiger partial charge in [-0.05, 0) is 30.3 Å². The molecule has 104 valence electrons. The van der Waals surface area contributed by atoms with Crippen molar-refractivity contribution in [1.29, 1.82) is 5.26 Å². The van der Waals surface area contributed by atoms with Crippen molar-refractivity contribution in [2.24, 2.45) is 0 Å². The average Bonchev–Trinajstić information content (AvgIpc) is 2.90. The van der Waals surface area contributed by atoms with Gasteiger partial charge < -0.3 is 15.5 Å². The zero-order valence-electron chi connectivity index (χ0n) is 11.3. The summed E-state index contributed by atoms with van der Waals surface area (Å²) in [6, 6.07) is 13.0. The van der Waals surface area contributed by atoms with Crippen LogP contribution in [0.15, 0.2) is 46.5 Å². The van der Waals surface area contributed by atoms with Crippen LogP contribution in [0.25, 0.3) is 11.0 Å². The van der Waals surface area contributed by atoms with Crippen molar-refractivity contribution in [2.45, 2.75) is 10.1 Å². The Balaban J connectivity index is 1.97. The molecule has 1 aromatic heterocycles. The van der Waals surface area contributed by atoms with E-state index in [1.54, 1.807) is 19.2 Å². The van der Waals surface area contributed by atoms with Crippen LogP contribution in [0.4, 0.5) is 5.69 Å². The smallest absolute Gasteiger partial charge is 0.171 e. The Morgan fingerprint density at radius 1 is 1.29 bits per heavy atom. The number of fused-ring (bicyclic) bond motifs is 1. The van der Waals surface area contributed by atoms with Gasteiger partial charge in [-0.25, -0.2) is 4.98 Å². The summed E-state index contributed by atoms with van der Waals surface area (Å²) < 4.78 is 5.19. The molecule has 0 fully saturated rings. The number of nitriles is 1. The van der Waals surface area contributed by atoms with Gasteiger partial charge in [0.05, 0.1) is 23.7 Å². The number of rotatable bonds is 3. The molecule has 3 N–H and O–H groups in total. The number of nitrogen functional groups attached to an aromatic ring is 1. The third kappa shape index (κ3) is 2.64. The van der Waals surface area contributed by atoms with E-state index in [1.165, 1.54) is 11.8 Å². The number of nitrogens with one attached hydrogen (secondary N) is 1. The van der Waals surface area contributed by atoms with Gasteiger partial charge in [0.2, 0.25) is 0 Å². The van der Waals surface area contributed by atoms with Crippen molar-refractivity contribution in [3.63, 3.8) is 0 Å². The van der Waals surface area contributed by atoms with Crippen molar-refractivity contribution in [2.75, 3.05) is 12.8 Å². The van der Waals surface area contributed by atoms with E-state index in [9.17, 15) is 0 Å². The molecule has 0 saturated heterocycles.